The Bertz CT molecular complexity index is 129. The summed E-state index contributed by atoms with van der Waals surface area (Å²) in [4.78, 5) is 0. The van der Waals surface area contributed by atoms with Gasteiger partial charge in [0.2, 0.25) is 0 Å². The van der Waals surface area contributed by atoms with Crippen molar-refractivity contribution in [2.24, 2.45) is 5.73 Å². The lowest BCUT2D eigenvalue weighted by atomic mass is 10.0. The summed E-state index contributed by atoms with van der Waals surface area (Å²) in [6.07, 6.45) is 8.85. The van der Waals surface area contributed by atoms with Crippen molar-refractivity contribution in [3.63, 3.8) is 0 Å². The van der Waals surface area contributed by atoms with E-state index in [-0.39, 0.29) is 0 Å². The fraction of sp³-hybridized carbons (Fsp3) is 0.833. The van der Waals surface area contributed by atoms with Gasteiger partial charge >= 0.3 is 0 Å². The number of rotatable bonds is 8. The smallest absolute Gasteiger partial charge is 0.00758 e. The first-order valence-corrected chi connectivity index (χ1v) is 5.56. The van der Waals surface area contributed by atoms with Gasteiger partial charge in [0, 0.05) is 6.04 Å². The van der Waals surface area contributed by atoms with Crippen molar-refractivity contribution in [3.05, 3.63) is 12.2 Å². The molecule has 0 saturated carbocycles. The molecule has 0 spiro atoms. The summed E-state index contributed by atoms with van der Waals surface area (Å²) in [5, 5.41) is 0. The topological polar surface area (TPSA) is 26.0 Å². The molecule has 1 unspecified atom stereocenters. The van der Waals surface area contributed by atoms with E-state index in [9.17, 15) is 0 Å². The van der Waals surface area contributed by atoms with Crippen molar-refractivity contribution in [3.8, 4) is 0 Å². The lowest BCUT2D eigenvalue weighted by Crippen LogP contribution is -2.19. The molecular formula is C12H25N. The van der Waals surface area contributed by atoms with Gasteiger partial charge < -0.3 is 5.73 Å². The standard InChI is InChI=1S/C12H25N/c1-4-5-6-7-8-9-12(13)10-11(2)3/h12H,2,4-10,13H2,1,3H3. The fourth-order valence-electron chi connectivity index (χ4n) is 1.56. The van der Waals surface area contributed by atoms with Gasteiger partial charge in [-0.2, -0.15) is 0 Å². The summed E-state index contributed by atoms with van der Waals surface area (Å²) >= 11 is 0. The minimum atomic E-state index is 0.346. The van der Waals surface area contributed by atoms with Crippen LogP contribution in [0.5, 0.6) is 0 Å². The molecule has 78 valence electrons. The van der Waals surface area contributed by atoms with Crippen molar-refractivity contribution in [2.75, 3.05) is 0 Å². The lowest BCUT2D eigenvalue weighted by molar-refractivity contribution is 0.537. The molecule has 0 heterocycles. The van der Waals surface area contributed by atoms with E-state index in [2.05, 4.69) is 20.4 Å². The summed E-state index contributed by atoms with van der Waals surface area (Å²) < 4.78 is 0. The Labute approximate surface area is 83.4 Å². The van der Waals surface area contributed by atoms with Crippen molar-refractivity contribution in [1.82, 2.24) is 0 Å². The van der Waals surface area contributed by atoms with Crippen LogP contribution in [0.1, 0.15) is 58.8 Å². The highest BCUT2D eigenvalue weighted by Gasteiger charge is 2.01. The number of hydrogen-bond donors (Lipinski definition) is 1. The highest BCUT2D eigenvalue weighted by atomic mass is 14.6. The average molecular weight is 183 g/mol. The molecule has 0 rings (SSSR count). The predicted molar refractivity (Wildman–Crippen MR) is 60.8 cm³/mol. The van der Waals surface area contributed by atoms with E-state index in [1.807, 2.05) is 0 Å². The molecule has 0 aliphatic rings. The van der Waals surface area contributed by atoms with E-state index < -0.39 is 0 Å². The first kappa shape index (κ1) is 12.7. The number of hydrogen-bond acceptors (Lipinski definition) is 1. The Hall–Kier alpha value is -0.300. The molecule has 0 aromatic carbocycles. The van der Waals surface area contributed by atoms with Gasteiger partial charge in [0.1, 0.15) is 0 Å². The highest BCUT2D eigenvalue weighted by Crippen LogP contribution is 2.10. The molecule has 1 heteroatoms. The van der Waals surface area contributed by atoms with Crippen LogP contribution in [0.15, 0.2) is 12.2 Å². The van der Waals surface area contributed by atoms with E-state index >= 15 is 0 Å². The van der Waals surface area contributed by atoms with Gasteiger partial charge in [0.25, 0.3) is 0 Å². The molecule has 2 N–H and O–H groups in total. The fourth-order valence-corrected chi connectivity index (χ4v) is 1.56. The molecule has 0 saturated heterocycles. The maximum absolute atomic E-state index is 5.93. The van der Waals surface area contributed by atoms with Crippen molar-refractivity contribution >= 4 is 0 Å². The van der Waals surface area contributed by atoms with Crippen molar-refractivity contribution < 1.29 is 0 Å². The summed E-state index contributed by atoms with van der Waals surface area (Å²) in [5.41, 5.74) is 7.14. The van der Waals surface area contributed by atoms with Crippen molar-refractivity contribution in [1.29, 1.82) is 0 Å². The minimum Gasteiger partial charge on any atom is -0.327 e. The largest absolute Gasteiger partial charge is 0.327 e. The van der Waals surface area contributed by atoms with Gasteiger partial charge in [0.15, 0.2) is 0 Å². The third kappa shape index (κ3) is 9.62. The maximum Gasteiger partial charge on any atom is 0.00758 e. The second kappa shape index (κ2) is 8.31. The van der Waals surface area contributed by atoms with Crippen LogP contribution in [0.3, 0.4) is 0 Å². The Balaban J connectivity index is 3.17. The second-order valence-electron chi connectivity index (χ2n) is 4.12. The predicted octanol–water partition coefficient (Wildman–Crippen LogP) is 3.64. The molecule has 0 bridgehead atoms. The lowest BCUT2D eigenvalue weighted by Gasteiger charge is -2.10. The summed E-state index contributed by atoms with van der Waals surface area (Å²) in [6, 6.07) is 0.346. The molecule has 0 aromatic rings. The Morgan fingerprint density at radius 3 is 2.38 bits per heavy atom. The van der Waals surface area contributed by atoms with Gasteiger partial charge in [0.05, 0.1) is 0 Å². The van der Waals surface area contributed by atoms with Crippen LogP contribution in [-0.4, -0.2) is 6.04 Å². The normalized spacial score (nSPS) is 12.8. The molecule has 0 amide bonds. The van der Waals surface area contributed by atoms with Crippen LogP contribution in [0.4, 0.5) is 0 Å². The number of nitrogens with two attached hydrogens (primary N) is 1. The van der Waals surface area contributed by atoms with E-state index in [0.717, 1.165) is 12.8 Å². The van der Waals surface area contributed by atoms with Crippen molar-refractivity contribution in [2.45, 2.75) is 64.8 Å². The highest BCUT2D eigenvalue weighted by molar-refractivity contribution is 4.91. The minimum absolute atomic E-state index is 0.346. The molecule has 13 heavy (non-hydrogen) atoms. The SMILES string of the molecule is C=C(C)CC(N)CCCCCCC. The maximum atomic E-state index is 5.93. The molecule has 0 aliphatic heterocycles. The second-order valence-corrected chi connectivity index (χ2v) is 4.12. The van der Waals surface area contributed by atoms with E-state index in [4.69, 9.17) is 5.73 Å². The van der Waals surface area contributed by atoms with Gasteiger partial charge in [-0.1, -0.05) is 44.6 Å². The molecule has 1 atom stereocenters. The monoisotopic (exact) mass is 183 g/mol. The zero-order chi connectivity index (χ0) is 10.1. The third-order valence-electron chi connectivity index (χ3n) is 2.29. The van der Waals surface area contributed by atoms with Gasteiger partial charge in [-0.15, -0.1) is 6.58 Å². The summed E-state index contributed by atoms with van der Waals surface area (Å²) in [6.45, 7) is 8.17. The van der Waals surface area contributed by atoms with Crippen LogP contribution in [0, 0.1) is 0 Å². The first-order chi connectivity index (χ1) is 6.16. The third-order valence-corrected chi connectivity index (χ3v) is 2.29. The Morgan fingerprint density at radius 1 is 1.23 bits per heavy atom. The molecule has 0 aliphatic carbocycles. The van der Waals surface area contributed by atoms with Crippen LogP contribution < -0.4 is 5.73 Å². The van der Waals surface area contributed by atoms with Crippen LogP contribution in [0.25, 0.3) is 0 Å². The Morgan fingerprint density at radius 2 is 1.85 bits per heavy atom. The van der Waals surface area contributed by atoms with E-state index in [1.54, 1.807) is 0 Å². The molecule has 0 aromatic heterocycles. The zero-order valence-electron chi connectivity index (χ0n) is 9.31. The van der Waals surface area contributed by atoms with Crippen LogP contribution in [0.2, 0.25) is 0 Å². The quantitative estimate of drug-likeness (QED) is 0.451. The van der Waals surface area contributed by atoms with Gasteiger partial charge in [-0.05, 0) is 19.8 Å². The average Bonchev–Trinajstić information content (AvgIpc) is 2.02. The Kier molecular flexibility index (Phi) is 8.11. The molecule has 0 radical (unpaired) electrons. The van der Waals surface area contributed by atoms with Gasteiger partial charge in [-0.25, -0.2) is 0 Å². The summed E-state index contributed by atoms with van der Waals surface area (Å²) in [7, 11) is 0. The number of unbranched alkanes of at least 4 members (excludes halogenated alkanes) is 4. The van der Waals surface area contributed by atoms with Crippen LogP contribution >= 0.6 is 0 Å². The van der Waals surface area contributed by atoms with Crippen LogP contribution in [-0.2, 0) is 0 Å². The van der Waals surface area contributed by atoms with E-state index in [0.29, 0.717) is 6.04 Å². The zero-order valence-corrected chi connectivity index (χ0v) is 9.31. The molecular weight excluding hydrogens is 158 g/mol. The molecule has 0 fully saturated rings. The summed E-state index contributed by atoms with van der Waals surface area (Å²) in [5.74, 6) is 0. The molecule has 1 nitrogen and oxygen atoms in total. The van der Waals surface area contributed by atoms with Gasteiger partial charge in [-0.3, -0.25) is 0 Å². The first-order valence-electron chi connectivity index (χ1n) is 5.56. The van der Waals surface area contributed by atoms with E-state index in [1.165, 1.54) is 37.7 Å².